The zero-order valence-corrected chi connectivity index (χ0v) is 22.1. The Bertz CT molecular complexity index is 1370. The summed E-state index contributed by atoms with van der Waals surface area (Å²) in [7, 11) is 1.69. The van der Waals surface area contributed by atoms with E-state index in [1.165, 1.54) is 7.11 Å². The number of carbonyl (C=O) groups is 1. The number of hydrogen-bond donors (Lipinski definition) is 0. The molecule has 10 heteroatoms. The minimum atomic E-state index is -1.22. The Labute approximate surface area is 204 Å². The van der Waals surface area contributed by atoms with E-state index < -0.39 is 14.0 Å². The van der Waals surface area contributed by atoms with Crippen molar-refractivity contribution in [2.75, 3.05) is 20.8 Å². The Kier molecular flexibility index (Phi) is 6.70. The van der Waals surface area contributed by atoms with Gasteiger partial charge in [0.25, 0.3) is 0 Å². The van der Waals surface area contributed by atoms with Crippen LogP contribution < -0.4 is 4.74 Å². The Hall–Kier alpha value is -2.88. The average molecular weight is 501 g/mol. The lowest BCUT2D eigenvalue weighted by Crippen LogP contribution is -2.22. The van der Waals surface area contributed by atoms with E-state index in [1.807, 2.05) is 28.0 Å². The minimum Gasteiger partial charge on any atom is -0.482 e. The van der Waals surface area contributed by atoms with Crippen LogP contribution in [0.3, 0.4) is 0 Å². The van der Waals surface area contributed by atoms with Gasteiger partial charge in [0.1, 0.15) is 28.9 Å². The summed E-state index contributed by atoms with van der Waals surface area (Å²) < 4.78 is 20.4. The van der Waals surface area contributed by atoms with E-state index in [4.69, 9.17) is 30.8 Å². The van der Waals surface area contributed by atoms with Gasteiger partial charge in [-0.05, 0) is 37.2 Å². The number of esters is 1. The van der Waals surface area contributed by atoms with Gasteiger partial charge in [0.2, 0.25) is 0 Å². The number of hydrogen-bond acceptors (Lipinski definition) is 6. The van der Waals surface area contributed by atoms with Crippen molar-refractivity contribution in [1.82, 2.24) is 18.9 Å². The molecule has 0 aromatic carbocycles. The molecule has 34 heavy (non-hydrogen) atoms. The molecule has 0 aliphatic rings. The molecule has 180 valence electrons. The third-order valence-electron chi connectivity index (χ3n) is 5.72. The number of halogens is 1. The van der Waals surface area contributed by atoms with E-state index in [1.54, 1.807) is 25.3 Å². The van der Waals surface area contributed by atoms with Crippen LogP contribution in [0.1, 0.15) is 16.1 Å². The van der Waals surface area contributed by atoms with Gasteiger partial charge in [0.05, 0.1) is 31.2 Å². The third-order valence-corrected chi connectivity index (χ3v) is 7.63. The lowest BCUT2D eigenvalue weighted by atomic mass is 10.2. The van der Waals surface area contributed by atoms with Crippen molar-refractivity contribution in [3.63, 3.8) is 0 Å². The average Bonchev–Trinajstić information content (AvgIpc) is 3.31. The van der Waals surface area contributed by atoms with E-state index in [2.05, 4.69) is 24.6 Å². The molecule has 4 heterocycles. The van der Waals surface area contributed by atoms with Gasteiger partial charge >= 0.3 is 5.97 Å². The van der Waals surface area contributed by atoms with Crippen molar-refractivity contribution in [3.05, 3.63) is 46.7 Å². The summed E-state index contributed by atoms with van der Waals surface area (Å²) in [4.78, 5) is 21.6. The zero-order chi connectivity index (χ0) is 24.6. The third kappa shape index (κ3) is 4.68. The largest absolute Gasteiger partial charge is 0.482 e. The Morgan fingerprint density at radius 3 is 2.56 bits per heavy atom. The van der Waals surface area contributed by atoms with Crippen LogP contribution in [0.25, 0.3) is 28.1 Å². The first-order chi connectivity index (χ1) is 16.1. The molecule has 0 fully saturated rings. The Morgan fingerprint density at radius 1 is 1.12 bits per heavy atom. The summed E-state index contributed by atoms with van der Waals surface area (Å²) in [5.41, 5.74) is 4.13. The van der Waals surface area contributed by atoms with Gasteiger partial charge in [0, 0.05) is 26.1 Å². The molecule has 4 aromatic rings. The summed E-state index contributed by atoms with van der Waals surface area (Å²) in [6.45, 7) is 9.94. The van der Waals surface area contributed by atoms with Crippen molar-refractivity contribution in [3.8, 4) is 17.3 Å². The van der Waals surface area contributed by atoms with E-state index in [0.717, 1.165) is 34.2 Å². The fraction of sp³-hybridized carbons (Fsp3) is 0.375. The van der Waals surface area contributed by atoms with Crippen LogP contribution >= 0.6 is 11.6 Å². The van der Waals surface area contributed by atoms with E-state index in [-0.39, 0.29) is 0 Å². The summed E-state index contributed by atoms with van der Waals surface area (Å²) in [6, 6.07) is 10.1. The van der Waals surface area contributed by atoms with Crippen molar-refractivity contribution in [1.29, 1.82) is 0 Å². The van der Waals surface area contributed by atoms with Gasteiger partial charge in [-0.15, -0.1) is 0 Å². The van der Waals surface area contributed by atoms with Gasteiger partial charge in [-0.1, -0.05) is 31.2 Å². The van der Waals surface area contributed by atoms with E-state index in [0.29, 0.717) is 35.6 Å². The number of rotatable bonds is 8. The smallest absolute Gasteiger partial charge is 0.338 e. The highest BCUT2D eigenvalue weighted by Crippen LogP contribution is 2.33. The van der Waals surface area contributed by atoms with E-state index in [9.17, 15) is 4.79 Å². The predicted molar refractivity (Wildman–Crippen MR) is 136 cm³/mol. The quantitative estimate of drug-likeness (QED) is 0.139. The van der Waals surface area contributed by atoms with Gasteiger partial charge < -0.3 is 14.2 Å². The summed E-state index contributed by atoms with van der Waals surface area (Å²) >= 11 is 6.22. The van der Waals surface area contributed by atoms with Crippen molar-refractivity contribution < 1.29 is 19.0 Å². The topological polar surface area (TPSA) is 79.9 Å². The normalized spacial score (nSPS) is 12.0. The molecule has 4 aromatic heterocycles. The number of imidazole rings is 1. The first-order valence-electron chi connectivity index (χ1n) is 11.0. The van der Waals surface area contributed by atoms with Crippen LogP contribution in [0, 0.1) is 6.92 Å². The lowest BCUT2D eigenvalue weighted by molar-refractivity contribution is 0.0600. The van der Waals surface area contributed by atoms with Crippen LogP contribution in [0.5, 0.6) is 5.88 Å². The van der Waals surface area contributed by atoms with E-state index >= 15 is 0 Å². The van der Waals surface area contributed by atoms with Gasteiger partial charge in [0.15, 0.2) is 5.88 Å². The molecule has 0 saturated heterocycles. The predicted octanol–water partition coefficient (Wildman–Crippen LogP) is 5.42. The maximum absolute atomic E-state index is 12.2. The highest BCUT2D eigenvalue weighted by atomic mass is 35.5. The van der Waals surface area contributed by atoms with Crippen LogP contribution in [0.4, 0.5) is 0 Å². The second-order valence-electron chi connectivity index (χ2n) is 9.37. The number of methoxy groups -OCH3 is 2. The summed E-state index contributed by atoms with van der Waals surface area (Å²) in [5, 5.41) is 1.35. The fourth-order valence-electron chi connectivity index (χ4n) is 3.87. The number of aryl methyl sites for hydroxylation is 1. The SMILES string of the molecule is COC(=O)c1cc(OC)n2c(C)c(-c3cc4ccc(Cl)nc4n3COCC[Si](C)(C)C)nc2c1. The molecule has 0 aliphatic heterocycles. The number of nitrogens with zero attached hydrogens (tertiary/aromatic N) is 4. The molecular weight excluding hydrogens is 472 g/mol. The zero-order valence-electron chi connectivity index (χ0n) is 20.3. The van der Waals surface area contributed by atoms with Gasteiger partial charge in [-0.25, -0.2) is 14.8 Å². The standard InChI is InChI=1S/C24H29ClN4O4Si/c1-15-22(27-20-12-17(24(30)32-3)13-21(31-2)29(15)20)18-11-16-7-8-19(25)26-23(16)28(18)14-33-9-10-34(4,5)6/h7-8,11-13H,9-10,14H2,1-6H3. The second kappa shape index (κ2) is 9.40. The molecule has 0 amide bonds. The molecule has 0 spiro atoms. The molecular formula is C24H29ClN4O4Si. The maximum Gasteiger partial charge on any atom is 0.338 e. The fourth-order valence-corrected chi connectivity index (χ4v) is 4.77. The maximum atomic E-state index is 12.2. The Balaban J connectivity index is 1.84. The molecule has 0 saturated carbocycles. The summed E-state index contributed by atoms with van der Waals surface area (Å²) in [6.07, 6.45) is 0. The number of pyridine rings is 2. The highest BCUT2D eigenvalue weighted by Gasteiger charge is 2.22. The molecule has 0 radical (unpaired) electrons. The number of aromatic nitrogens is 4. The second-order valence-corrected chi connectivity index (χ2v) is 15.4. The molecule has 0 N–H and O–H groups in total. The number of fused-ring (bicyclic) bond motifs is 2. The van der Waals surface area contributed by atoms with Crippen molar-refractivity contribution >= 4 is 42.3 Å². The Morgan fingerprint density at radius 2 is 1.88 bits per heavy atom. The van der Waals surface area contributed by atoms with Gasteiger partial charge in [-0.2, -0.15) is 0 Å². The van der Waals surface area contributed by atoms with Crippen molar-refractivity contribution in [2.45, 2.75) is 39.3 Å². The number of ether oxygens (including phenoxy) is 3. The molecule has 0 atom stereocenters. The summed E-state index contributed by atoms with van der Waals surface area (Å²) in [5.74, 6) is 0.0381. The highest BCUT2D eigenvalue weighted by molar-refractivity contribution is 6.76. The molecule has 4 rings (SSSR count). The minimum absolute atomic E-state index is 0.328. The van der Waals surface area contributed by atoms with Crippen LogP contribution in [0.15, 0.2) is 30.3 Å². The molecule has 0 aliphatic carbocycles. The van der Waals surface area contributed by atoms with Crippen molar-refractivity contribution in [2.24, 2.45) is 0 Å². The van der Waals surface area contributed by atoms with Crippen LogP contribution in [-0.4, -0.2) is 53.8 Å². The first-order valence-corrected chi connectivity index (χ1v) is 15.1. The van der Waals surface area contributed by atoms with Crippen LogP contribution in [-0.2, 0) is 16.2 Å². The van der Waals surface area contributed by atoms with Gasteiger partial charge in [-0.3, -0.25) is 8.97 Å². The lowest BCUT2D eigenvalue weighted by Gasteiger charge is -2.16. The molecule has 8 nitrogen and oxygen atoms in total. The monoisotopic (exact) mass is 500 g/mol. The number of carbonyl (C=O) groups excluding carboxylic acids is 1. The van der Waals surface area contributed by atoms with Crippen LogP contribution in [0.2, 0.25) is 30.8 Å². The molecule has 0 unspecified atom stereocenters. The first kappa shape index (κ1) is 24.2. The molecule has 0 bridgehead atoms.